The molecule has 1 N–H and O–H groups in total. The molecule has 2 rings (SSSR count). The Labute approximate surface area is 126 Å². The third-order valence-corrected chi connectivity index (χ3v) is 5.11. The van der Waals surface area contributed by atoms with Crippen molar-refractivity contribution in [2.24, 2.45) is 5.41 Å². The van der Waals surface area contributed by atoms with E-state index in [-0.39, 0.29) is 23.5 Å². The van der Waals surface area contributed by atoms with E-state index in [0.717, 1.165) is 25.9 Å². The molecule has 0 amide bonds. The predicted octanol–water partition coefficient (Wildman–Crippen LogP) is 3.96. The molecule has 0 aromatic rings. The number of hydrogen-bond acceptors (Lipinski definition) is 2. The number of hydrogen-bond donors (Lipinski definition) is 1. The van der Waals surface area contributed by atoms with Gasteiger partial charge in [-0.3, -0.25) is 4.90 Å². The zero-order valence-electron chi connectivity index (χ0n) is 13.5. The molecule has 1 saturated heterocycles. The number of rotatable bonds is 2. The van der Waals surface area contributed by atoms with Gasteiger partial charge in [0.15, 0.2) is 0 Å². The molecule has 1 atom stereocenters. The van der Waals surface area contributed by atoms with E-state index in [9.17, 15) is 13.2 Å². The van der Waals surface area contributed by atoms with Crippen LogP contribution in [0.2, 0.25) is 0 Å². The van der Waals surface area contributed by atoms with Gasteiger partial charge >= 0.3 is 6.18 Å². The van der Waals surface area contributed by atoms with E-state index in [0.29, 0.717) is 0 Å². The number of halogens is 3. The summed E-state index contributed by atoms with van der Waals surface area (Å²) >= 11 is 0. The fourth-order valence-corrected chi connectivity index (χ4v) is 3.92. The van der Waals surface area contributed by atoms with Crippen LogP contribution in [0.4, 0.5) is 13.2 Å². The molecule has 1 saturated carbocycles. The molecule has 1 aliphatic heterocycles. The molecule has 124 valence electrons. The Hall–Kier alpha value is -0.290. The molecule has 0 aromatic carbocycles. The average Bonchev–Trinajstić information content (AvgIpc) is 2.35. The molecule has 21 heavy (non-hydrogen) atoms. The van der Waals surface area contributed by atoms with Crippen LogP contribution in [0.5, 0.6) is 0 Å². The van der Waals surface area contributed by atoms with Crippen LogP contribution in [0, 0.1) is 5.41 Å². The van der Waals surface area contributed by atoms with Gasteiger partial charge in [0.25, 0.3) is 0 Å². The summed E-state index contributed by atoms with van der Waals surface area (Å²) in [4.78, 5) is 2.11. The van der Waals surface area contributed by atoms with Crippen LogP contribution in [-0.2, 0) is 0 Å². The molecule has 0 bridgehead atoms. The normalized spacial score (nSPS) is 28.0. The molecule has 0 aromatic heterocycles. The topological polar surface area (TPSA) is 15.3 Å². The summed E-state index contributed by atoms with van der Waals surface area (Å²) < 4.78 is 37.9. The smallest absolute Gasteiger partial charge is 0.308 e. The molecular formula is C16H29F3N2. The van der Waals surface area contributed by atoms with Crippen molar-refractivity contribution < 1.29 is 13.2 Å². The first-order valence-electron chi connectivity index (χ1n) is 8.17. The van der Waals surface area contributed by atoms with Crippen molar-refractivity contribution in [1.82, 2.24) is 10.2 Å². The lowest BCUT2D eigenvalue weighted by Gasteiger charge is -2.53. The summed E-state index contributed by atoms with van der Waals surface area (Å²) in [6.45, 7) is 8.08. The quantitative estimate of drug-likeness (QED) is 0.830. The molecule has 1 unspecified atom stereocenters. The largest absolute Gasteiger partial charge is 0.390 e. The molecule has 1 heterocycles. The number of nitrogens with one attached hydrogen (secondary N) is 1. The van der Waals surface area contributed by atoms with Crippen LogP contribution in [0.15, 0.2) is 0 Å². The van der Waals surface area contributed by atoms with Crippen molar-refractivity contribution in [3.63, 3.8) is 0 Å². The lowest BCUT2D eigenvalue weighted by Crippen LogP contribution is -2.67. The highest BCUT2D eigenvalue weighted by molar-refractivity contribution is 5.02. The lowest BCUT2D eigenvalue weighted by atomic mass is 9.76. The molecular weight excluding hydrogens is 277 g/mol. The van der Waals surface area contributed by atoms with Crippen LogP contribution < -0.4 is 5.32 Å². The van der Waals surface area contributed by atoms with Gasteiger partial charge in [-0.15, -0.1) is 0 Å². The summed E-state index contributed by atoms with van der Waals surface area (Å²) in [5.74, 6) is 0. The first-order chi connectivity index (χ1) is 9.61. The monoisotopic (exact) mass is 306 g/mol. The van der Waals surface area contributed by atoms with Gasteiger partial charge in [-0.05, 0) is 18.3 Å². The van der Waals surface area contributed by atoms with E-state index in [4.69, 9.17) is 0 Å². The van der Waals surface area contributed by atoms with Gasteiger partial charge in [-0.1, -0.05) is 40.0 Å². The molecule has 0 radical (unpaired) electrons. The standard InChI is InChI=1S/C16H29F3N2/c1-14(2,3)13-11-20-15(7-5-4-6-8-15)12-21(13)10-9-16(17,18)19/h13,20H,4-12H2,1-3H3. The highest BCUT2D eigenvalue weighted by Gasteiger charge is 2.44. The van der Waals surface area contributed by atoms with Crippen molar-refractivity contribution in [2.45, 2.75) is 77.1 Å². The van der Waals surface area contributed by atoms with Crippen molar-refractivity contribution in [2.75, 3.05) is 19.6 Å². The second kappa shape index (κ2) is 6.07. The van der Waals surface area contributed by atoms with Crippen LogP contribution in [0.1, 0.15) is 59.3 Å². The zero-order chi connectivity index (χ0) is 15.7. The van der Waals surface area contributed by atoms with Crippen LogP contribution >= 0.6 is 0 Å². The minimum Gasteiger partial charge on any atom is -0.308 e. The maximum Gasteiger partial charge on any atom is 0.390 e. The Kier molecular flexibility index (Phi) is 4.94. The van der Waals surface area contributed by atoms with E-state index in [2.05, 4.69) is 31.0 Å². The third kappa shape index (κ3) is 4.59. The van der Waals surface area contributed by atoms with Gasteiger partial charge in [-0.2, -0.15) is 13.2 Å². The highest BCUT2D eigenvalue weighted by atomic mass is 19.4. The van der Waals surface area contributed by atoms with Gasteiger partial charge in [0.2, 0.25) is 0 Å². The second-order valence-electron chi connectivity index (χ2n) is 7.94. The Bertz CT molecular complexity index is 340. The van der Waals surface area contributed by atoms with E-state index in [1.807, 2.05) is 0 Å². The van der Waals surface area contributed by atoms with Crippen molar-refractivity contribution >= 4 is 0 Å². The maximum absolute atomic E-state index is 12.6. The van der Waals surface area contributed by atoms with Crippen LogP contribution in [0.25, 0.3) is 0 Å². The Morgan fingerprint density at radius 2 is 1.71 bits per heavy atom. The molecule has 2 aliphatic rings. The summed E-state index contributed by atoms with van der Waals surface area (Å²) in [6, 6.07) is 0.174. The number of nitrogens with zero attached hydrogens (tertiary/aromatic N) is 1. The van der Waals surface area contributed by atoms with Crippen LogP contribution in [0.3, 0.4) is 0 Å². The molecule has 1 aliphatic carbocycles. The summed E-state index contributed by atoms with van der Waals surface area (Å²) in [5.41, 5.74) is 0.0560. The SMILES string of the molecule is CC(C)(C)C1CNC2(CCCCC2)CN1CCC(F)(F)F. The van der Waals surface area contributed by atoms with Crippen LogP contribution in [-0.4, -0.2) is 42.3 Å². The zero-order valence-corrected chi connectivity index (χ0v) is 13.5. The summed E-state index contributed by atoms with van der Waals surface area (Å²) in [7, 11) is 0. The fraction of sp³-hybridized carbons (Fsp3) is 1.00. The first kappa shape index (κ1) is 17.1. The van der Waals surface area contributed by atoms with Gasteiger partial charge in [0.05, 0.1) is 6.42 Å². The number of piperazine rings is 1. The van der Waals surface area contributed by atoms with Crippen molar-refractivity contribution in [3.8, 4) is 0 Å². The van der Waals surface area contributed by atoms with Gasteiger partial charge < -0.3 is 5.32 Å². The molecule has 5 heteroatoms. The second-order valence-corrected chi connectivity index (χ2v) is 7.94. The molecule has 2 fully saturated rings. The highest BCUT2D eigenvalue weighted by Crippen LogP contribution is 2.36. The predicted molar refractivity (Wildman–Crippen MR) is 79.3 cm³/mol. The van der Waals surface area contributed by atoms with Gasteiger partial charge in [0.1, 0.15) is 0 Å². The minimum absolute atomic E-state index is 0.00508. The lowest BCUT2D eigenvalue weighted by molar-refractivity contribution is -0.143. The third-order valence-electron chi connectivity index (χ3n) is 5.11. The van der Waals surface area contributed by atoms with E-state index >= 15 is 0 Å². The van der Waals surface area contributed by atoms with Crippen molar-refractivity contribution in [1.29, 1.82) is 0 Å². The average molecular weight is 306 g/mol. The number of alkyl halides is 3. The minimum atomic E-state index is -4.06. The Morgan fingerprint density at radius 3 is 2.24 bits per heavy atom. The summed E-state index contributed by atoms with van der Waals surface area (Å²) in [6.07, 6.45) is 1.09. The van der Waals surface area contributed by atoms with E-state index in [1.165, 1.54) is 19.3 Å². The molecule has 2 nitrogen and oxygen atoms in total. The first-order valence-corrected chi connectivity index (χ1v) is 8.17. The fourth-order valence-electron chi connectivity index (χ4n) is 3.92. The van der Waals surface area contributed by atoms with Gasteiger partial charge in [0, 0.05) is 31.2 Å². The maximum atomic E-state index is 12.6. The van der Waals surface area contributed by atoms with Gasteiger partial charge in [-0.25, -0.2) is 0 Å². The van der Waals surface area contributed by atoms with Crippen molar-refractivity contribution in [3.05, 3.63) is 0 Å². The molecule has 1 spiro atoms. The summed E-state index contributed by atoms with van der Waals surface area (Å²) in [5, 5.41) is 3.70. The van der Waals surface area contributed by atoms with E-state index < -0.39 is 12.6 Å². The Morgan fingerprint density at radius 1 is 1.10 bits per heavy atom. The van der Waals surface area contributed by atoms with E-state index in [1.54, 1.807) is 0 Å². The Balaban J connectivity index is 2.07.